The molecule has 0 radical (unpaired) electrons. The summed E-state index contributed by atoms with van der Waals surface area (Å²) in [5.41, 5.74) is 0.875. The minimum absolute atomic E-state index is 0.184. The lowest BCUT2D eigenvalue weighted by Crippen LogP contribution is -2.26. The molecule has 0 bridgehead atoms. The molecule has 3 rings (SSSR count). The highest BCUT2D eigenvalue weighted by atomic mass is 79.9. The molecule has 2 aromatic heterocycles. The zero-order valence-corrected chi connectivity index (χ0v) is 15.3. The van der Waals surface area contributed by atoms with Gasteiger partial charge in [0.1, 0.15) is 10.8 Å². The summed E-state index contributed by atoms with van der Waals surface area (Å²) in [6.07, 6.45) is 2.94. The molecule has 0 aliphatic carbocycles. The summed E-state index contributed by atoms with van der Waals surface area (Å²) in [6, 6.07) is 12.7. The number of halogens is 1. The lowest BCUT2D eigenvalue weighted by atomic mass is 10.2. The van der Waals surface area contributed by atoms with E-state index in [0.717, 1.165) is 25.7 Å². The van der Waals surface area contributed by atoms with Crippen molar-refractivity contribution in [3.8, 4) is 10.6 Å². The van der Waals surface area contributed by atoms with Crippen LogP contribution in [-0.2, 0) is 10.0 Å². The van der Waals surface area contributed by atoms with E-state index in [0.29, 0.717) is 10.8 Å². The van der Waals surface area contributed by atoms with Crippen LogP contribution in [0.4, 0.5) is 5.82 Å². The van der Waals surface area contributed by atoms with E-state index in [-0.39, 0.29) is 4.21 Å². The van der Waals surface area contributed by atoms with Crippen molar-refractivity contribution < 1.29 is 8.42 Å². The van der Waals surface area contributed by atoms with Gasteiger partial charge in [0, 0.05) is 23.3 Å². The van der Waals surface area contributed by atoms with Crippen LogP contribution in [0.3, 0.4) is 0 Å². The fourth-order valence-electron chi connectivity index (χ4n) is 1.90. The van der Waals surface area contributed by atoms with Crippen molar-refractivity contribution in [3.05, 3.63) is 59.3 Å². The number of hydrogen-bond donors (Lipinski definition) is 0. The Kier molecular flexibility index (Phi) is 4.47. The van der Waals surface area contributed by atoms with Gasteiger partial charge < -0.3 is 0 Å². The van der Waals surface area contributed by atoms with Gasteiger partial charge >= 0.3 is 0 Å². The number of benzene rings is 1. The Bertz CT molecular complexity index is 909. The Labute approximate surface area is 146 Å². The maximum atomic E-state index is 12.7. The predicted molar refractivity (Wildman–Crippen MR) is 95.1 cm³/mol. The van der Waals surface area contributed by atoms with Crippen molar-refractivity contribution in [2.24, 2.45) is 0 Å². The molecule has 0 aliphatic rings. The van der Waals surface area contributed by atoms with Gasteiger partial charge in [-0.25, -0.2) is 18.4 Å². The van der Waals surface area contributed by atoms with E-state index in [4.69, 9.17) is 0 Å². The summed E-state index contributed by atoms with van der Waals surface area (Å²) in [5.74, 6) is 0.367. The third kappa shape index (κ3) is 3.29. The topological polar surface area (TPSA) is 63.2 Å². The summed E-state index contributed by atoms with van der Waals surface area (Å²) in [5, 5.41) is 0.658. The molecule has 0 aliphatic heterocycles. The van der Waals surface area contributed by atoms with Crippen molar-refractivity contribution in [2.75, 3.05) is 11.4 Å². The van der Waals surface area contributed by atoms with Gasteiger partial charge in [-0.15, -0.1) is 11.3 Å². The first-order valence-electron chi connectivity index (χ1n) is 6.60. The second-order valence-corrected chi connectivity index (χ2v) is 8.79. The molecule has 5 nitrogen and oxygen atoms in total. The molecule has 118 valence electrons. The summed E-state index contributed by atoms with van der Waals surface area (Å²) >= 11 is 4.51. The number of thiazole rings is 1. The van der Waals surface area contributed by atoms with Crippen LogP contribution in [0.25, 0.3) is 10.6 Å². The van der Waals surface area contributed by atoms with Gasteiger partial charge in [0.05, 0.1) is 6.20 Å². The van der Waals surface area contributed by atoms with Gasteiger partial charge in [-0.1, -0.05) is 34.1 Å². The van der Waals surface area contributed by atoms with E-state index in [1.807, 2.05) is 24.3 Å². The van der Waals surface area contributed by atoms with Gasteiger partial charge in [-0.3, -0.25) is 4.31 Å². The third-order valence-corrected chi connectivity index (χ3v) is 6.94. The van der Waals surface area contributed by atoms with Gasteiger partial charge in [-0.05, 0) is 24.3 Å². The molecule has 0 amide bonds. The molecular formula is C15H12BrN3O2S2. The number of anilines is 1. The molecule has 23 heavy (non-hydrogen) atoms. The average molecular weight is 410 g/mol. The molecule has 0 unspecified atom stereocenters. The standard InChI is InChI=1S/C15H12BrN3O2S2/c1-19(13-4-2-3-9-17-13)23(20,21)14-10-18-15(22-14)11-5-7-12(16)8-6-11/h2-10H,1H3. The van der Waals surface area contributed by atoms with Crippen molar-refractivity contribution in [1.29, 1.82) is 0 Å². The number of hydrogen-bond acceptors (Lipinski definition) is 5. The van der Waals surface area contributed by atoms with Crippen molar-refractivity contribution in [2.45, 2.75) is 4.21 Å². The van der Waals surface area contributed by atoms with Crippen LogP contribution < -0.4 is 4.31 Å². The quantitative estimate of drug-likeness (QED) is 0.657. The number of pyridine rings is 1. The highest BCUT2D eigenvalue weighted by Gasteiger charge is 2.25. The van der Waals surface area contributed by atoms with E-state index in [9.17, 15) is 8.42 Å². The van der Waals surface area contributed by atoms with Crippen molar-refractivity contribution in [1.82, 2.24) is 9.97 Å². The second-order valence-electron chi connectivity index (χ2n) is 4.65. The highest BCUT2D eigenvalue weighted by molar-refractivity contribution is 9.10. The maximum Gasteiger partial charge on any atom is 0.276 e. The van der Waals surface area contributed by atoms with E-state index in [1.54, 1.807) is 24.4 Å². The average Bonchev–Trinajstić information content (AvgIpc) is 3.06. The molecule has 3 aromatic rings. The van der Waals surface area contributed by atoms with Crippen LogP contribution >= 0.6 is 27.3 Å². The van der Waals surface area contributed by atoms with Crippen LogP contribution in [0, 0.1) is 0 Å². The lowest BCUT2D eigenvalue weighted by molar-refractivity contribution is 0.596. The van der Waals surface area contributed by atoms with Gasteiger partial charge in [0.25, 0.3) is 10.0 Å². The molecule has 0 N–H and O–H groups in total. The third-order valence-electron chi connectivity index (χ3n) is 3.16. The first-order chi connectivity index (χ1) is 11.0. The highest BCUT2D eigenvalue weighted by Crippen LogP contribution is 2.31. The molecule has 0 fully saturated rings. The SMILES string of the molecule is CN(c1ccccn1)S(=O)(=O)c1cnc(-c2ccc(Br)cc2)s1. The molecule has 1 aromatic carbocycles. The predicted octanol–water partition coefficient (Wildman–Crippen LogP) is 3.79. The number of nitrogens with zero attached hydrogens (tertiary/aromatic N) is 3. The normalized spacial score (nSPS) is 11.4. The zero-order chi connectivity index (χ0) is 16.4. The van der Waals surface area contributed by atoms with Crippen LogP contribution in [0.5, 0.6) is 0 Å². The Morgan fingerprint density at radius 1 is 1.09 bits per heavy atom. The minimum atomic E-state index is -3.67. The molecule has 0 saturated heterocycles. The fraction of sp³-hybridized carbons (Fsp3) is 0.0667. The molecule has 0 spiro atoms. The summed E-state index contributed by atoms with van der Waals surface area (Å²) in [4.78, 5) is 8.31. The summed E-state index contributed by atoms with van der Waals surface area (Å²) in [7, 11) is -2.19. The second kappa shape index (κ2) is 6.38. The van der Waals surface area contributed by atoms with E-state index in [2.05, 4.69) is 25.9 Å². The van der Waals surface area contributed by atoms with E-state index in [1.165, 1.54) is 13.2 Å². The molecular weight excluding hydrogens is 398 g/mol. The lowest BCUT2D eigenvalue weighted by Gasteiger charge is -2.16. The van der Waals surface area contributed by atoms with Crippen LogP contribution in [0.2, 0.25) is 0 Å². The first-order valence-corrected chi connectivity index (χ1v) is 9.65. The summed E-state index contributed by atoms with van der Waals surface area (Å²) < 4.78 is 27.7. The Morgan fingerprint density at radius 3 is 2.48 bits per heavy atom. The Morgan fingerprint density at radius 2 is 1.83 bits per heavy atom. The van der Waals surface area contributed by atoms with E-state index >= 15 is 0 Å². The minimum Gasteiger partial charge on any atom is -0.252 e. The molecule has 0 saturated carbocycles. The van der Waals surface area contributed by atoms with Crippen LogP contribution in [0.1, 0.15) is 0 Å². The zero-order valence-electron chi connectivity index (χ0n) is 12.0. The molecule has 0 atom stereocenters. The van der Waals surface area contributed by atoms with Crippen LogP contribution in [-0.4, -0.2) is 25.4 Å². The number of sulfonamides is 1. The van der Waals surface area contributed by atoms with E-state index < -0.39 is 10.0 Å². The van der Waals surface area contributed by atoms with Crippen molar-refractivity contribution in [3.63, 3.8) is 0 Å². The van der Waals surface area contributed by atoms with Crippen molar-refractivity contribution >= 4 is 43.1 Å². The Hall–Kier alpha value is -1.77. The van der Waals surface area contributed by atoms with Gasteiger partial charge in [0.2, 0.25) is 0 Å². The number of aromatic nitrogens is 2. The van der Waals surface area contributed by atoms with Gasteiger partial charge in [0.15, 0.2) is 4.21 Å². The number of rotatable bonds is 4. The summed E-state index contributed by atoms with van der Waals surface area (Å²) in [6.45, 7) is 0. The fourth-order valence-corrected chi connectivity index (χ4v) is 4.63. The molecule has 8 heteroatoms. The largest absolute Gasteiger partial charge is 0.276 e. The monoisotopic (exact) mass is 409 g/mol. The smallest absolute Gasteiger partial charge is 0.252 e. The van der Waals surface area contributed by atoms with Crippen LogP contribution in [0.15, 0.2) is 63.5 Å². The Balaban J connectivity index is 1.94. The molecule has 2 heterocycles. The first kappa shape index (κ1) is 16.1. The van der Waals surface area contributed by atoms with Gasteiger partial charge in [-0.2, -0.15) is 0 Å². The maximum absolute atomic E-state index is 12.7.